The first kappa shape index (κ1) is 19.2. The van der Waals surface area contributed by atoms with Gasteiger partial charge in [-0.25, -0.2) is 14.6 Å². The standard InChI is InChI=1S/C12H20N4O6/c1-3-7-22-11(19)14-6-5-13-10(15-8-9(17)18)16-12(20)21-4-2/h3H,1,4-8H2,2H3,(H,14,19)(H,17,18)(H2,13,15,16,20). The molecule has 0 fully saturated rings. The van der Waals surface area contributed by atoms with E-state index in [-0.39, 0.29) is 32.3 Å². The predicted molar refractivity (Wildman–Crippen MR) is 77.6 cm³/mol. The summed E-state index contributed by atoms with van der Waals surface area (Å²) in [5.74, 6) is -1.22. The Balaban J connectivity index is 4.20. The Hall–Kier alpha value is -2.78. The highest BCUT2D eigenvalue weighted by atomic mass is 16.6. The topological polar surface area (TPSA) is 138 Å². The van der Waals surface area contributed by atoms with Crippen LogP contribution in [-0.2, 0) is 14.3 Å². The van der Waals surface area contributed by atoms with Crippen molar-refractivity contribution in [3.8, 4) is 0 Å². The molecule has 0 atom stereocenters. The molecule has 0 radical (unpaired) electrons. The Morgan fingerprint density at radius 1 is 1.18 bits per heavy atom. The van der Waals surface area contributed by atoms with Crippen LogP contribution < -0.4 is 16.0 Å². The Labute approximate surface area is 127 Å². The van der Waals surface area contributed by atoms with Crippen molar-refractivity contribution in [2.75, 3.05) is 32.8 Å². The summed E-state index contributed by atoms with van der Waals surface area (Å²) in [6.07, 6.45) is 0.0409. The number of hydrogen-bond acceptors (Lipinski definition) is 6. The number of carboxylic acid groups (broad SMARTS) is 1. The van der Waals surface area contributed by atoms with Crippen molar-refractivity contribution in [1.29, 1.82) is 0 Å². The molecule has 2 amide bonds. The van der Waals surface area contributed by atoms with E-state index in [4.69, 9.17) is 5.11 Å². The van der Waals surface area contributed by atoms with Crippen molar-refractivity contribution in [2.24, 2.45) is 4.99 Å². The number of alkyl carbamates (subject to hydrolysis) is 2. The lowest BCUT2D eigenvalue weighted by atomic mass is 10.6. The van der Waals surface area contributed by atoms with Gasteiger partial charge < -0.3 is 25.2 Å². The van der Waals surface area contributed by atoms with E-state index >= 15 is 0 Å². The smallest absolute Gasteiger partial charge is 0.413 e. The summed E-state index contributed by atoms with van der Waals surface area (Å²) in [7, 11) is 0. The van der Waals surface area contributed by atoms with Crippen molar-refractivity contribution in [3.63, 3.8) is 0 Å². The Morgan fingerprint density at radius 3 is 2.45 bits per heavy atom. The first-order valence-electron chi connectivity index (χ1n) is 6.45. The lowest BCUT2D eigenvalue weighted by molar-refractivity contribution is -0.135. The molecule has 0 spiro atoms. The number of hydrogen-bond donors (Lipinski definition) is 4. The summed E-state index contributed by atoms with van der Waals surface area (Å²) in [4.78, 5) is 36.5. The largest absolute Gasteiger partial charge is 0.480 e. The number of carboxylic acids is 1. The van der Waals surface area contributed by atoms with Crippen LogP contribution in [0.4, 0.5) is 9.59 Å². The zero-order valence-corrected chi connectivity index (χ0v) is 12.3. The van der Waals surface area contributed by atoms with Gasteiger partial charge in [-0.3, -0.25) is 10.1 Å². The second kappa shape index (κ2) is 12.0. The SMILES string of the molecule is C=CCOC(=O)NCCNC(=NCC(=O)O)NC(=O)OCC. The van der Waals surface area contributed by atoms with Crippen LogP contribution in [0.5, 0.6) is 0 Å². The maximum Gasteiger partial charge on any atom is 0.413 e. The summed E-state index contributed by atoms with van der Waals surface area (Å²) in [5, 5.41) is 15.9. The van der Waals surface area contributed by atoms with E-state index in [2.05, 4.69) is 37.0 Å². The van der Waals surface area contributed by atoms with E-state index in [1.54, 1.807) is 6.92 Å². The van der Waals surface area contributed by atoms with Crippen LogP contribution in [0.2, 0.25) is 0 Å². The molecule has 22 heavy (non-hydrogen) atoms. The summed E-state index contributed by atoms with van der Waals surface area (Å²) in [6, 6.07) is 0. The number of carbonyl (C=O) groups is 3. The minimum atomic E-state index is -1.16. The van der Waals surface area contributed by atoms with E-state index in [1.165, 1.54) is 6.08 Å². The lowest BCUT2D eigenvalue weighted by Crippen LogP contribution is -2.44. The lowest BCUT2D eigenvalue weighted by Gasteiger charge is -2.11. The Morgan fingerprint density at radius 2 is 1.86 bits per heavy atom. The van der Waals surface area contributed by atoms with Crippen molar-refractivity contribution in [1.82, 2.24) is 16.0 Å². The van der Waals surface area contributed by atoms with E-state index in [9.17, 15) is 14.4 Å². The molecule has 0 unspecified atom stereocenters. The molecule has 0 aliphatic rings. The minimum Gasteiger partial charge on any atom is -0.480 e. The maximum atomic E-state index is 11.3. The molecule has 10 nitrogen and oxygen atoms in total. The molecule has 0 aromatic heterocycles. The first-order chi connectivity index (χ1) is 10.5. The Bertz CT molecular complexity index is 424. The van der Waals surface area contributed by atoms with E-state index in [0.29, 0.717) is 0 Å². The first-order valence-corrected chi connectivity index (χ1v) is 6.45. The van der Waals surface area contributed by atoms with E-state index in [1.807, 2.05) is 0 Å². The molecule has 0 saturated carbocycles. The number of carbonyl (C=O) groups excluding carboxylic acids is 2. The third-order valence-electron chi connectivity index (χ3n) is 1.89. The van der Waals surface area contributed by atoms with Gasteiger partial charge in [0.1, 0.15) is 13.2 Å². The molecule has 0 heterocycles. The molecular formula is C12H20N4O6. The second-order valence-corrected chi connectivity index (χ2v) is 3.64. The second-order valence-electron chi connectivity index (χ2n) is 3.64. The van der Waals surface area contributed by atoms with E-state index < -0.39 is 24.7 Å². The molecule has 0 aliphatic heterocycles. The third kappa shape index (κ3) is 11.1. The molecular weight excluding hydrogens is 296 g/mol. The van der Waals surface area contributed by atoms with Crippen LogP contribution in [0.3, 0.4) is 0 Å². The number of guanidine groups is 1. The zero-order valence-electron chi connectivity index (χ0n) is 12.3. The summed E-state index contributed by atoms with van der Waals surface area (Å²) in [5.41, 5.74) is 0. The number of ether oxygens (including phenoxy) is 2. The average Bonchev–Trinajstić information content (AvgIpc) is 2.46. The highest BCUT2D eigenvalue weighted by molar-refractivity contribution is 5.94. The number of amides is 2. The molecule has 0 aromatic carbocycles. The van der Waals surface area contributed by atoms with Gasteiger partial charge in [-0.2, -0.15) is 0 Å². The number of nitrogens with zero attached hydrogens (tertiary/aromatic N) is 1. The van der Waals surface area contributed by atoms with Gasteiger partial charge in [0, 0.05) is 13.1 Å². The Kier molecular flexibility index (Phi) is 10.5. The van der Waals surface area contributed by atoms with Crippen molar-refractivity contribution >= 4 is 24.1 Å². The summed E-state index contributed by atoms with van der Waals surface area (Å²) < 4.78 is 9.33. The van der Waals surface area contributed by atoms with E-state index in [0.717, 1.165) is 0 Å². The van der Waals surface area contributed by atoms with Crippen LogP contribution >= 0.6 is 0 Å². The number of aliphatic imine (C=N–C) groups is 1. The number of rotatable bonds is 8. The molecule has 4 N–H and O–H groups in total. The van der Waals surface area contributed by atoms with Crippen molar-refractivity contribution < 1.29 is 29.0 Å². The molecule has 0 bridgehead atoms. The van der Waals surface area contributed by atoms with Gasteiger partial charge in [-0.05, 0) is 6.92 Å². The maximum absolute atomic E-state index is 11.3. The number of aliphatic carboxylic acids is 1. The monoisotopic (exact) mass is 316 g/mol. The fourth-order valence-electron chi connectivity index (χ4n) is 1.08. The zero-order chi connectivity index (χ0) is 16.8. The van der Waals surface area contributed by atoms with Gasteiger partial charge in [0.15, 0.2) is 0 Å². The predicted octanol–water partition coefficient (Wildman–Crippen LogP) is -0.325. The van der Waals surface area contributed by atoms with Gasteiger partial charge >= 0.3 is 18.2 Å². The van der Waals surface area contributed by atoms with Crippen molar-refractivity contribution in [2.45, 2.75) is 6.92 Å². The molecule has 10 heteroatoms. The van der Waals surface area contributed by atoms with Gasteiger partial charge in [-0.15, -0.1) is 0 Å². The van der Waals surface area contributed by atoms with Crippen LogP contribution in [0.1, 0.15) is 6.92 Å². The molecule has 0 saturated heterocycles. The molecule has 0 aromatic rings. The third-order valence-corrected chi connectivity index (χ3v) is 1.89. The van der Waals surface area contributed by atoms with Crippen molar-refractivity contribution in [3.05, 3.63) is 12.7 Å². The highest BCUT2D eigenvalue weighted by Crippen LogP contribution is 1.80. The highest BCUT2D eigenvalue weighted by Gasteiger charge is 2.07. The minimum absolute atomic E-state index is 0.0675. The van der Waals surface area contributed by atoms with Crippen LogP contribution in [0.25, 0.3) is 0 Å². The van der Waals surface area contributed by atoms with Gasteiger partial charge in [0.2, 0.25) is 5.96 Å². The van der Waals surface area contributed by atoms with Gasteiger partial charge in [0.05, 0.1) is 6.61 Å². The van der Waals surface area contributed by atoms with Crippen LogP contribution in [0, 0.1) is 0 Å². The molecule has 124 valence electrons. The summed E-state index contributed by atoms with van der Waals surface area (Å²) >= 11 is 0. The average molecular weight is 316 g/mol. The normalized spacial score (nSPS) is 10.3. The van der Waals surface area contributed by atoms with Gasteiger partial charge in [0.25, 0.3) is 0 Å². The van der Waals surface area contributed by atoms with Crippen LogP contribution in [-0.4, -0.2) is 62.1 Å². The summed E-state index contributed by atoms with van der Waals surface area (Å²) in [6.45, 7) is 5.11. The molecule has 0 aliphatic carbocycles. The van der Waals surface area contributed by atoms with Crippen LogP contribution in [0.15, 0.2) is 17.6 Å². The molecule has 0 rings (SSSR count). The fraction of sp³-hybridized carbons (Fsp3) is 0.500. The fourth-order valence-corrected chi connectivity index (χ4v) is 1.08. The van der Waals surface area contributed by atoms with Gasteiger partial charge in [-0.1, -0.05) is 12.7 Å². The quantitative estimate of drug-likeness (QED) is 0.208. The number of nitrogens with one attached hydrogen (secondary N) is 3.